The van der Waals surface area contributed by atoms with Crippen molar-refractivity contribution in [3.63, 3.8) is 0 Å². The lowest BCUT2D eigenvalue weighted by atomic mass is 10.1. The van der Waals surface area contributed by atoms with Crippen molar-refractivity contribution in [3.05, 3.63) is 29.2 Å². The first-order chi connectivity index (χ1) is 6.31. The number of nitrogens with zero attached hydrogens (tertiary/aromatic N) is 4. The minimum atomic E-state index is -0.173. The van der Waals surface area contributed by atoms with E-state index in [1.54, 1.807) is 6.20 Å². The van der Waals surface area contributed by atoms with E-state index in [9.17, 15) is 0 Å². The van der Waals surface area contributed by atoms with Crippen molar-refractivity contribution in [1.29, 1.82) is 0 Å². The zero-order valence-electron chi connectivity index (χ0n) is 7.02. The van der Waals surface area contributed by atoms with Crippen LogP contribution in [0.1, 0.15) is 18.5 Å². The Kier molecular flexibility index (Phi) is 1.67. The van der Waals surface area contributed by atoms with Crippen molar-refractivity contribution < 1.29 is 0 Å². The van der Waals surface area contributed by atoms with Gasteiger partial charge in [0.15, 0.2) is 0 Å². The van der Waals surface area contributed by atoms with Crippen molar-refractivity contribution in [2.45, 2.75) is 13.0 Å². The fourth-order valence-electron chi connectivity index (χ4n) is 1.06. The largest absolute Gasteiger partial charge is 0.309 e. The quantitative estimate of drug-likeness (QED) is 0.662. The Morgan fingerprint density at radius 3 is 3.15 bits per heavy atom. The molecule has 0 saturated heterocycles. The van der Waals surface area contributed by atoms with Crippen LogP contribution in [0.3, 0.4) is 0 Å². The number of aromatic amines is 1. The normalized spacial score (nSPS) is 12.6. The van der Waals surface area contributed by atoms with Gasteiger partial charge >= 0.3 is 0 Å². The molecular weight excluding hydrogens is 166 g/mol. The van der Waals surface area contributed by atoms with Gasteiger partial charge in [-0.05, 0) is 6.07 Å². The summed E-state index contributed by atoms with van der Waals surface area (Å²) < 4.78 is 0. The molecule has 0 amide bonds. The Balaban J connectivity index is 2.55. The summed E-state index contributed by atoms with van der Waals surface area (Å²) in [5.41, 5.74) is 2.16. The molecular formula is C8H7N5. The van der Waals surface area contributed by atoms with E-state index in [2.05, 4.69) is 25.2 Å². The zero-order valence-corrected chi connectivity index (χ0v) is 7.02. The van der Waals surface area contributed by atoms with Crippen molar-refractivity contribution in [2.75, 3.05) is 0 Å². The predicted octanol–water partition coefficient (Wildman–Crippen LogP) is 1.33. The number of pyridine rings is 1. The van der Waals surface area contributed by atoms with Crippen molar-refractivity contribution in [1.82, 2.24) is 20.4 Å². The van der Waals surface area contributed by atoms with Gasteiger partial charge in [-0.3, -0.25) is 0 Å². The molecule has 2 heterocycles. The molecule has 0 aliphatic heterocycles. The van der Waals surface area contributed by atoms with Crippen LogP contribution in [0.15, 0.2) is 12.3 Å². The maximum atomic E-state index is 6.87. The molecule has 0 aromatic carbocycles. The molecule has 0 aliphatic rings. The standard InChI is InChI=1S/C8H7N5/c1-5(9-2)6-3-7-8(10-4-6)12-13-11-7/h3-5H,1H3,(H,10,11,12,13). The van der Waals surface area contributed by atoms with Gasteiger partial charge in [-0.25, -0.2) is 11.6 Å². The van der Waals surface area contributed by atoms with Crippen LogP contribution in [0.25, 0.3) is 16.0 Å². The van der Waals surface area contributed by atoms with Gasteiger partial charge in [-0.2, -0.15) is 10.3 Å². The highest BCUT2D eigenvalue weighted by atomic mass is 15.3. The highest BCUT2D eigenvalue weighted by molar-refractivity contribution is 5.69. The predicted molar refractivity (Wildman–Crippen MR) is 46.7 cm³/mol. The Bertz CT molecular complexity index is 467. The Morgan fingerprint density at radius 2 is 2.38 bits per heavy atom. The van der Waals surface area contributed by atoms with Gasteiger partial charge in [-0.15, -0.1) is 5.10 Å². The number of aromatic nitrogens is 4. The first-order valence-electron chi connectivity index (χ1n) is 3.84. The molecule has 0 saturated carbocycles. The molecule has 2 rings (SSSR count). The minimum absolute atomic E-state index is 0.173. The lowest BCUT2D eigenvalue weighted by Gasteiger charge is -1.96. The van der Waals surface area contributed by atoms with Crippen LogP contribution in [-0.2, 0) is 0 Å². The number of fused-ring (bicyclic) bond motifs is 1. The number of rotatable bonds is 1. The average molecular weight is 173 g/mol. The van der Waals surface area contributed by atoms with Crippen LogP contribution in [0.4, 0.5) is 0 Å². The first kappa shape index (κ1) is 7.68. The highest BCUT2D eigenvalue weighted by Crippen LogP contribution is 2.17. The lowest BCUT2D eigenvalue weighted by molar-refractivity contribution is 0.952. The van der Waals surface area contributed by atoms with Crippen molar-refractivity contribution in [3.8, 4) is 0 Å². The third-order valence-corrected chi connectivity index (χ3v) is 1.87. The molecule has 5 nitrogen and oxygen atoms in total. The molecule has 2 aromatic rings. The molecule has 0 radical (unpaired) electrons. The molecule has 13 heavy (non-hydrogen) atoms. The van der Waals surface area contributed by atoms with E-state index in [1.807, 2.05) is 13.0 Å². The Labute approximate surface area is 74.6 Å². The molecule has 0 spiro atoms. The van der Waals surface area contributed by atoms with E-state index in [0.29, 0.717) is 11.2 Å². The number of H-pyrrole nitrogens is 1. The van der Waals surface area contributed by atoms with E-state index < -0.39 is 0 Å². The summed E-state index contributed by atoms with van der Waals surface area (Å²) in [7, 11) is 0. The second kappa shape index (κ2) is 2.83. The molecule has 64 valence electrons. The Morgan fingerprint density at radius 1 is 1.54 bits per heavy atom. The van der Waals surface area contributed by atoms with E-state index in [0.717, 1.165) is 5.56 Å². The van der Waals surface area contributed by atoms with Crippen LogP contribution in [-0.4, -0.2) is 20.4 Å². The molecule has 0 aliphatic carbocycles. The smallest absolute Gasteiger partial charge is 0.247 e. The fourth-order valence-corrected chi connectivity index (χ4v) is 1.06. The van der Waals surface area contributed by atoms with E-state index in [-0.39, 0.29) is 6.04 Å². The monoisotopic (exact) mass is 173 g/mol. The van der Waals surface area contributed by atoms with Gasteiger partial charge in [0.1, 0.15) is 5.52 Å². The third kappa shape index (κ3) is 1.22. The van der Waals surface area contributed by atoms with Gasteiger partial charge in [-0.1, -0.05) is 0 Å². The van der Waals surface area contributed by atoms with Gasteiger partial charge in [0.2, 0.25) is 11.7 Å². The van der Waals surface area contributed by atoms with Gasteiger partial charge in [0, 0.05) is 13.1 Å². The maximum absolute atomic E-state index is 6.87. The average Bonchev–Trinajstić information content (AvgIpc) is 2.63. The minimum Gasteiger partial charge on any atom is -0.309 e. The summed E-state index contributed by atoms with van der Waals surface area (Å²) >= 11 is 0. The van der Waals surface area contributed by atoms with Crippen molar-refractivity contribution in [2.24, 2.45) is 0 Å². The highest BCUT2D eigenvalue weighted by Gasteiger charge is 2.10. The van der Waals surface area contributed by atoms with Crippen LogP contribution in [0.5, 0.6) is 0 Å². The molecule has 0 fully saturated rings. The summed E-state index contributed by atoms with van der Waals surface area (Å²) in [6.07, 6.45) is 1.66. The number of hydrogen-bond acceptors (Lipinski definition) is 3. The zero-order chi connectivity index (χ0) is 9.26. The van der Waals surface area contributed by atoms with Crippen molar-refractivity contribution >= 4 is 11.2 Å². The summed E-state index contributed by atoms with van der Waals surface area (Å²) in [5.74, 6) is 0. The van der Waals surface area contributed by atoms with Crippen LogP contribution in [0, 0.1) is 6.57 Å². The van der Waals surface area contributed by atoms with E-state index in [1.165, 1.54) is 0 Å². The van der Waals surface area contributed by atoms with Crippen LogP contribution < -0.4 is 0 Å². The molecule has 2 aromatic heterocycles. The second-order valence-electron chi connectivity index (χ2n) is 2.74. The third-order valence-electron chi connectivity index (χ3n) is 1.87. The molecule has 0 bridgehead atoms. The fraction of sp³-hybridized carbons (Fsp3) is 0.250. The maximum Gasteiger partial charge on any atom is 0.247 e. The van der Waals surface area contributed by atoms with Gasteiger partial charge in [0.25, 0.3) is 0 Å². The van der Waals surface area contributed by atoms with Gasteiger partial charge < -0.3 is 4.85 Å². The number of hydrogen-bond donors (Lipinski definition) is 1. The van der Waals surface area contributed by atoms with Crippen LogP contribution >= 0.6 is 0 Å². The SMILES string of the molecule is [C-]#[N+]C(C)c1cnc2n[nH]nc2c1. The van der Waals surface area contributed by atoms with Gasteiger partial charge in [0.05, 0.1) is 5.56 Å². The lowest BCUT2D eigenvalue weighted by Crippen LogP contribution is -1.88. The molecule has 1 unspecified atom stereocenters. The molecule has 1 atom stereocenters. The molecule has 1 N–H and O–H groups in total. The number of nitrogens with one attached hydrogen (secondary N) is 1. The summed E-state index contributed by atoms with van der Waals surface area (Å²) in [6.45, 7) is 8.70. The summed E-state index contributed by atoms with van der Waals surface area (Å²) in [4.78, 5) is 7.46. The summed E-state index contributed by atoms with van der Waals surface area (Å²) in [5, 5.41) is 10.2. The van der Waals surface area contributed by atoms with E-state index >= 15 is 0 Å². The second-order valence-corrected chi connectivity index (χ2v) is 2.74. The Hall–Kier alpha value is -1.96. The first-order valence-corrected chi connectivity index (χ1v) is 3.84. The van der Waals surface area contributed by atoms with Crippen LogP contribution in [0.2, 0.25) is 0 Å². The summed E-state index contributed by atoms with van der Waals surface area (Å²) in [6, 6.07) is 1.66. The van der Waals surface area contributed by atoms with E-state index in [4.69, 9.17) is 6.57 Å². The topological polar surface area (TPSA) is 58.8 Å². The molecule has 5 heteroatoms.